The Hall–Kier alpha value is -2.08. The minimum absolute atomic E-state index is 0. The van der Waals surface area contributed by atoms with Crippen molar-refractivity contribution in [1.82, 2.24) is 10.2 Å². The van der Waals surface area contributed by atoms with Crippen LogP contribution >= 0.6 is 24.0 Å². The molecule has 2 amide bonds. The lowest BCUT2D eigenvalue weighted by Gasteiger charge is -2.37. The number of halogens is 2. The van der Waals surface area contributed by atoms with Crippen molar-refractivity contribution in [2.75, 3.05) is 6.54 Å². The van der Waals surface area contributed by atoms with Crippen molar-refractivity contribution < 1.29 is 9.59 Å². The zero-order chi connectivity index (χ0) is 20.3. The van der Waals surface area contributed by atoms with E-state index >= 15 is 0 Å². The van der Waals surface area contributed by atoms with Crippen molar-refractivity contribution in [3.8, 4) is 0 Å². The molecule has 3 rings (SSSR count). The van der Waals surface area contributed by atoms with Crippen LogP contribution in [-0.2, 0) is 22.6 Å². The monoisotopic (exact) mass is 435 g/mol. The number of carbonyl (C=O) groups excluding carboxylic acids is 2. The van der Waals surface area contributed by atoms with Gasteiger partial charge in [-0.2, -0.15) is 0 Å². The lowest BCUT2D eigenvalue weighted by Crippen LogP contribution is -2.49. The van der Waals surface area contributed by atoms with Gasteiger partial charge in [0.1, 0.15) is 0 Å². The molecule has 3 N–H and O–H groups in total. The molecule has 1 aliphatic rings. The number of hydrogen-bond donors (Lipinski definition) is 2. The fourth-order valence-electron chi connectivity index (χ4n) is 3.47. The molecular formula is C22H27Cl2N3O2. The molecule has 0 bridgehead atoms. The van der Waals surface area contributed by atoms with E-state index in [4.69, 9.17) is 17.3 Å². The van der Waals surface area contributed by atoms with E-state index in [9.17, 15) is 9.59 Å². The van der Waals surface area contributed by atoms with Gasteiger partial charge >= 0.3 is 0 Å². The number of nitrogens with two attached hydrogens (primary N) is 1. The van der Waals surface area contributed by atoms with Crippen molar-refractivity contribution in [1.29, 1.82) is 0 Å². The minimum Gasteiger partial charge on any atom is -0.346 e. The highest BCUT2D eigenvalue weighted by atomic mass is 35.5. The van der Waals surface area contributed by atoms with Gasteiger partial charge < -0.3 is 16.0 Å². The second kappa shape index (κ2) is 10.1. The SMILES string of the molecule is CC(C)[C@H](N)C(=O)NCC(=O)N1Cc2cc(Cl)ccc2CC1c1ccccc1.Cl. The first-order valence-electron chi connectivity index (χ1n) is 9.52. The summed E-state index contributed by atoms with van der Waals surface area (Å²) in [6.07, 6.45) is 0.710. The van der Waals surface area contributed by atoms with Crippen LogP contribution < -0.4 is 11.1 Å². The molecule has 0 spiro atoms. The third-order valence-corrected chi connectivity index (χ3v) is 5.47. The average Bonchev–Trinajstić information content (AvgIpc) is 2.70. The van der Waals surface area contributed by atoms with Crippen LogP contribution in [-0.4, -0.2) is 29.3 Å². The number of nitrogens with zero attached hydrogens (tertiary/aromatic N) is 1. The Bertz CT molecular complexity index is 858. The van der Waals surface area contributed by atoms with E-state index in [1.807, 2.05) is 67.3 Å². The summed E-state index contributed by atoms with van der Waals surface area (Å²) in [6.45, 7) is 4.14. The number of amides is 2. The van der Waals surface area contributed by atoms with Crippen molar-refractivity contribution >= 4 is 35.8 Å². The van der Waals surface area contributed by atoms with E-state index in [0.717, 1.165) is 11.1 Å². The first-order valence-corrected chi connectivity index (χ1v) is 9.89. The number of nitrogens with one attached hydrogen (secondary N) is 1. The number of benzene rings is 2. The smallest absolute Gasteiger partial charge is 0.242 e. The van der Waals surface area contributed by atoms with Crippen LogP contribution in [0.5, 0.6) is 0 Å². The molecule has 1 aliphatic heterocycles. The fourth-order valence-corrected chi connectivity index (χ4v) is 3.67. The Morgan fingerprint density at radius 1 is 1.17 bits per heavy atom. The normalized spacial score (nSPS) is 16.6. The number of hydrogen-bond acceptors (Lipinski definition) is 3. The summed E-state index contributed by atoms with van der Waals surface area (Å²) in [6, 6.07) is 15.1. The highest BCUT2D eigenvalue weighted by molar-refractivity contribution is 6.30. The first kappa shape index (κ1) is 23.2. The third-order valence-electron chi connectivity index (χ3n) is 5.24. The van der Waals surface area contributed by atoms with Gasteiger partial charge in [0.2, 0.25) is 11.8 Å². The molecule has 29 heavy (non-hydrogen) atoms. The summed E-state index contributed by atoms with van der Waals surface area (Å²) in [5.41, 5.74) is 9.17. The van der Waals surface area contributed by atoms with Crippen LogP contribution in [0.4, 0.5) is 0 Å². The van der Waals surface area contributed by atoms with Gasteiger partial charge in [0.05, 0.1) is 18.6 Å². The van der Waals surface area contributed by atoms with Crippen molar-refractivity contribution in [2.45, 2.75) is 38.9 Å². The molecule has 0 aromatic heterocycles. The topological polar surface area (TPSA) is 75.4 Å². The molecule has 0 saturated heterocycles. The maximum atomic E-state index is 13.0. The van der Waals surface area contributed by atoms with Gasteiger partial charge in [-0.25, -0.2) is 0 Å². The van der Waals surface area contributed by atoms with Crippen molar-refractivity contribution in [2.24, 2.45) is 11.7 Å². The molecule has 0 radical (unpaired) electrons. The Kier molecular flexibility index (Phi) is 8.08. The van der Waals surface area contributed by atoms with Gasteiger partial charge in [-0.15, -0.1) is 12.4 Å². The van der Waals surface area contributed by atoms with Gasteiger partial charge in [0, 0.05) is 11.6 Å². The highest BCUT2D eigenvalue weighted by Gasteiger charge is 2.31. The summed E-state index contributed by atoms with van der Waals surface area (Å²) >= 11 is 6.15. The first-order chi connectivity index (χ1) is 13.4. The van der Waals surface area contributed by atoms with E-state index in [1.54, 1.807) is 0 Å². The highest BCUT2D eigenvalue weighted by Crippen LogP contribution is 2.34. The van der Waals surface area contributed by atoms with Gasteiger partial charge in [0.15, 0.2) is 0 Å². The standard InChI is InChI=1S/C22H26ClN3O2.ClH/c1-14(2)21(24)22(28)25-12-20(27)26-13-17-10-18(23)9-8-16(17)11-19(26)15-6-4-3-5-7-15;/h3-10,14,19,21H,11-13,24H2,1-2H3,(H,25,28);1H/t19?,21-;/m0./s1. The zero-order valence-electron chi connectivity index (χ0n) is 16.6. The van der Waals surface area contributed by atoms with Gasteiger partial charge in [0.25, 0.3) is 0 Å². The maximum absolute atomic E-state index is 13.0. The van der Waals surface area contributed by atoms with Crippen LogP contribution in [0, 0.1) is 5.92 Å². The second-order valence-corrected chi connectivity index (χ2v) is 7.99. The molecule has 2 aromatic rings. The lowest BCUT2D eigenvalue weighted by molar-refractivity contribution is -0.136. The quantitative estimate of drug-likeness (QED) is 0.754. The summed E-state index contributed by atoms with van der Waals surface area (Å²) in [4.78, 5) is 27.0. The van der Waals surface area contributed by atoms with E-state index < -0.39 is 6.04 Å². The number of rotatable bonds is 5. The Balaban J connectivity index is 0.00000300. The lowest BCUT2D eigenvalue weighted by atomic mass is 9.90. The van der Waals surface area contributed by atoms with Crippen LogP contribution in [0.1, 0.15) is 36.6 Å². The zero-order valence-corrected chi connectivity index (χ0v) is 18.2. The largest absolute Gasteiger partial charge is 0.346 e. The molecule has 0 fully saturated rings. The Morgan fingerprint density at radius 2 is 1.86 bits per heavy atom. The van der Waals surface area contributed by atoms with Crippen LogP contribution in [0.15, 0.2) is 48.5 Å². The van der Waals surface area contributed by atoms with Gasteiger partial charge in [-0.1, -0.05) is 61.8 Å². The van der Waals surface area contributed by atoms with E-state index in [0.29, 0.717) is 18.0 Å². The molecule has 2 aromatic carbocycles. The summed E-state index contributed by atoms with van der Waals surface area (Å²) < 4.78 is 0. The van der Waals surface area contributed by atoms with E-state index in [1.165, 1.54) is 5.56 Å². The molecule has 1 unspecified atom stereocenters. The summed E-state index contributed by atoms with van der Waals surface area (Å²) in [7, 11) is 0. The third kappa shape index (κ3) is 5.50. The number of carbonyl (C=O) groups is 2. The molecule has 7 heteroatoms. The summed E-state index contributed by atoms with van der Waals surface area (Å²) in [5.74, 6) is -0.431. The minimum atomic E-state index is -0.626. The van der Waals surface area contributed by atoms with Crippen LogP contribution in [0.25, 0.3) is 0 Å². The average molecular weight is 436 g/mol. The Morgan fingerprint density at radius 3 is 2.52 bits per heavy atom. The van der Waals surface area contributed by atoms with Crippen molar-refractivity contribution in [3.63, 3.8) is 0 Å². The second-order valence-electron chi connectivity index (χ2n) is 7.55. The van der Waals surface area contributed by atoms with Crippen LogP contribution in [0.3, 0.4) is 0 Å². The van der Waals surface area contributed by atoms with Crippen LogP contribution in [0.2, 0.25) is 5.02 Å². The molecule has 156 valence electrons. The Labute approximate surface area is 183 Å². The molecule has 5 nitrogen and oxygen atoms in total. The van der Waals surface area contributed by atoms with E-state index in [2.05, 4.69) is 5.32 Å². The van der Waals surface area contributed by atoms with Gasteiger partial charge in [-0.3, -0.25) is 9.59 Å². The molecular weight excluding hydrogens is 409 g/mol. The fraction of sp³-hybridized carbons (Fsp3) is 0.364. The summed E-state index contributed by atoms with van der Waals surface area (Å²) in [5, 5.41) is 3.34. The van der Waals surface area contributed by atoms with Crippen molar-refractivity contribution in [3.05, 3.63) is 70.2 Å². The van der Waals surface area contributed by atoms with Gasteiger partial charge in [-0.05, 0) is 41.2 Å². The molecule has 0 aliphatic carbocycles. The predicted octanol–water partition coefficient (Wildman–Crippen LogP) is 3.49. The molecule has 0 saturated carbocycles. The predicted molar refractivity (Wildman–Crippen MR) is 118 cm³/mol. The molecule has 1 heterocycles. The molecule has 2 atom stereocenters. The maximum Gasteiger partial charge on any atom is 0.242 e. The van der Waals surface area contributed by atoms with E-state index in [-0.39, 0.29) is 42.7 Å². The number of fused-ring (bicyclic) bond motifs is 1.